The topological polar surface area (TPSA) is 79.0 Å². The van der Waals surface area contributed by atoms with Gasteiger partial charge in [-0.05, 0) is 20.3 Å². The lowest BCUT2D eigenvalue weighted by Gasteiger charge is -2.21. The largest absolute Gasteiger partial charge is 0.372 e. The SMILES string of the molecule is C=CCC1C(O)N(c2cc(C(C)(C)OC)no2)C(=O)N1CC=C. The van der Waals surface area contributed by atoms with E-state index in [0.717, 1.165) is 0 Å². The standard InChI is InChI=1S/C16H23N3O4/c1-6-8-11-14(20)19(15(21)18(11)9-7-2)13-10-12(17-23-13)16(3,4)22-5/h6-7,10-11,14,20H,1-2,8-9H2,3-5H3. The molecule has 2 rings (SSSR count). The minimum absolute atomic E-state index is 0.184. The highest BCUT2D eigenvalue weighted by Crippen LogP contribution is 2.33. The van der Waals surface area contributed by atoms with Crippen molar-refractivity contribution in [3.05, 3.63) is 37.1 Å². The third kappa shape index (κ3) is 3.02. The van der Waals surface area contributed by atoms with Gasteiger partial charge in [-0.1, -0.05) is 17.3 Å². The van der Waals surface area contributed by atoms with E-state index in [4.69, 9.17) is 9.26 Å². The Labute approximate surface area is 135 Å². The molecule has 1 aromatic heterocycles. The first-order chi connectivity index (χ1) is 10.9. The molecule has 0 spiro atoms. The Morgan fingerprint density at radius 2 is 2.17 bits per heavy atom. The Morgan fingerprint density at radius 1 is 1.48 bits per heavy atom. The molecule has 2 amide bonds. The number of hydrogen-bond donors (Lipinski definition) is 1. The summed E-state index contributed by atoms with van der Waals surface area (Å²) >= 11 is 0. The molecular weight excluding hydrogens is 298 g/mol. The van der Waals surface area contributed by atoms with Crippen molar-refractivity contribution >= 4 is 11.9 Å². The summed E-state index contributed by atoms with van der Waals surface area (Å²) in [6.45, 7) is 11.3. The van der Waals surface area contributed by atoms with E-state index in [1.54, 1.807) is 25.3 Å². The van der Waals surface area contributed by atoms with Gasteiger partial charge in [0.15, 0.2) is 6.23 Å². The van der Waals surface area contributed by atoms with Crippen LogP contribution in [0.2, 0.25) is 0 Å². The van der Waals surface area contributed by atoms with Crippen molar-refractivity contribution in [2.24, 2.45) is 0 Å². The predicted molar refractivity (Wildman–Crippen MR) is 85.9 cm³/mol. The molecule has 0 radical (unpaired) electrons. The smallest absolute Gasteiger partial charge is 0.329 e. The highest BCUT2D eigenvalue weighted by molar-refractivity contribution is 5.94. The number of aliphatic hydroxyl groups excluding tert-OH is 1. The second-order valence-electron chi connectivity index (χ2n) is 5.86. The third-order valence-electron chi connectivity index (χ3n) is 4.06. The molecule has 126 valence electrons. The van der Waals surface area contributed by atoms with Crippen LogP contribution in [0.3, 0.4) is 0 Å². The van der Waals surface area contributed by atoms with Gasteiger partial charge in [-0.3, -0.25) is 0 Å². The zero-order valence-corrected chi connectivity index (χ0v) is 13.7. The summed E-state index contributed by atoms with van der Waals surface area (Å²) < 4.78 is 10.6. The molecule has 1 aliphatic rings. The molecule has 1 aromatic rings. The van der Waals surface area contributed by atoms with Crippen molar-refractivity contribution < 1.29 is 19.2 Å². The molecule has 2 unspecified atom stereocenters. The van der Waals surface area contributed by atoms with Crippen molar-refractivity contribution in [2.45, 2.75) is 38.1 Å². The summed E-state index contributed by atoms with van der Waals surface area (Å²) in [6.07, 6.45) is 2.69. The van der Waals surface area contributed by atoms with Crippen LogP contribution in [0.5, 0.6) is 0 Å². The number of amides is 2. The van der Waals surface area contributed by atoms with E-state index < -0.39 is 17.9 Å². The summed E-state index contributed by atoms with van der Waals surface area (Å²) in [7, 11) is 1.57. The minimum atomic E-state index is -1.05. The molecule has 2 heterocycles. The van der Waals surface area contributed by atoms with Gasteiger partial charge in [-0.25, -0.2) is 9.69 Å². The van der Waals surface area contributed by atoms with Gasteiger partial charge in [-0.2, -0.15) is 0 Å². The summed E-state index contributed by atoms with van der Waals surface area (Å²) in [4.78, 5) is 15.3. The molecule has 1 fully saturated rings. The van der Waals surface area contributed by atoms with Crippen LogP contribution < -0.4 is 4.90 Å². The fourth-order valence-corrected chi connectivity index (χ4v) is 2.49. The van der Waals surface area contributed by atoms with Gasteiger partial charge in [0, 0.05) is 19.7 Å². The van der Waals surface area contributed by atoms with Crippen LogP contribution in [-0.2, 0) is 10.3 Å². The van der Waals surface area contributed by atoms with Crippen molar-refractivity contribution in [1.82, 2.24) is 10.1 Å². The van der Waals surface area contributed by atoms with E-state index >= 15 is 0 Å². The lowest BCUT2D eigenvalue weighted by Crippen LogP contribution is -2.36. The number of aliphatic hydroxyl groups is 1. The number of hydrogen-bond acceptors (Lipinski definition) is 5. The zero-order chi connectivity index (χ0) is 17.2. The number of nitrogens with zero attached hydrogens (tertiary/aromatic N) is 3. The van der Waals surface area contributed by atoms with E-state index in [0.29, 0.717) is 18.7 Å². The molecule has 0 bridgehead atoms. The molecule has 1 aliphatic heterocycles. The number of carbonyl (C=O) groups excluding carboxylic acids is 1. The molecule has 7 nitrogen and oxygen atoms in total. The molecule has 0 aliphatic carbocycles. The normalized spacial score (nSPS) is 21.8. The minimum Gasteiger partial charge on any atom is -0.372 e. The van der Waals surface area contributed by atoms with Gasteiger partial charge in [0.2, 0.25) is 5.88 Å². The van der Waals surface area contributed by atoms with Gasteiger partial charge >= 0.3 is 6.03 Å². The van der Waals surface area contributed by atoms with Gasteiger partial charge in [0.05, 0.1) is 6.04 Å². The number of aromatic nitrogens is 1. The van der Waals surface area contributed by atoms with Crippen LogP contribution in [0.4, 0.5) is 10.7 Å². The lowest BCUT2D eigenvalue weighted by molar-refractivity contribution is 0.0130. The first-order valence-corrected chi connectivity index (χ1v) is 7.39. The highest BCUT2D eigenvalue weighted by atomic mass is 16.5. The van der Waals surface area contributed by atoms with Gasteiger partial charge < -0.3 is 19.3 Å². The molecule has 1 saturated heterocycles. The fourth-order valence-electron chi connectivity index (χ4n) is 2.49. The monoisotopic (exact) mass is 321 g/mol. The lowest BCUT2D eigenvalue weighted by atomic mass is 10.1. The summed E-state index contributed by atoms with van der Waals surface area (Å²) in [6, 6.07) is 0.830. The van der Waals surface area contributed by atoms with Crippen molar-refractivity contribution in [1.29, 1.82) is 0 Å². The van der Waals surface area contributed by atoms with Crippen LogP contribution in [-0.4, -0.2) is 47.1 Å². The average molecular weight is 321 g/mol. The first-order valence-electron chi connectivity index (χ1n) is 7.39. The van der Waals surface area contributed by atoms with Gasteiger partial charge in [0.25, 0.3) is 0 Å². The number of rotatable bonds is 7. The van der Waals surface area contributed by atoms with Crippen molar-refractivity contribution in [3.8, 4) is 0 Å². The molecule has 23 heavy (non-hydrogen) atoms. The third-order valence-corrected chi connectivity index (χ3v) is 4.06. The fraction of sp³-hybridized carbons (Fsp3) is 0.500. The maximum atomic E-state index is 12.6. The second kappa shape index (κ2) is 6.55. The maximum absolute atomic E-state index is 12.6. The molecule has 2 atom stereocenters. The number of urea groups is 1. The Kier molecular flexibility index (Phi) is 4.91. The van der Waals surface area contributed by atoms with E-state index in [-0.39, 0.29) is 11.9 Å². The van der Waals surface area contributed by atoms with E-state index in [9.17, 15) is 9.90 Å². The summed E-state index contributed by atoms with van der Waals surface area (Å²) in [5, 5.41) is 14.5. The quantitative estimate of drug-likeness (QED) is 0.779. The first kappa shape index (κ1) is 17.2. The van der Waals surface area contributed by atoms with E-state index in [1.807, 2.05) is 13.8 Å². The van der Waals surface area contributed by atoms with E-state index in [2.05, 4.69) is 18.3 Å². The Bertz CT molecular complexity index is 596. The van der Waals surface area contributed by atoms with Crippen LogP contribution in [0.25, 0.3) is 0 Å². The van der Waals surface area contributed by atoms with Gasteiger partial charge in [0.1, 0.15) is 11.3 Å². The second-order valence-corrected chi connectivity index (χ2v) is 5.86. The summed E-state index contributed by atoms with van der Waals surface area (Å²) in [5.74, 6) is 0.184. The Hall–Kier alpha value is -2.12. The Balaban J connectivity index is 2.33. The number of anilines is 1. The summed E-state index contributed by atoms with van der Waals surface area (Å²) in [5.41, 5.74) is -0.117. The van der Waals surface area contributed by atoms with E-state index in [1.165, 1.54) is 9.80 Å². The maximum Gasteiger partial charge on any atom is 0.329 e. The zero-order valence-electron chi connectivity index (χ0n) is 13.7. The van der Waals surface area contributed by atoms with Crippen LogP contribution in [0.1, 0.15) is 26.0 Å². The van der Waals surface area contributed by atoms with Crippen LogP contribution >= 0.6 is 0 Å². The van der Waals surface area contributed by atoms with Crippen molar-refractivity contribution in [2.75, 3.05) is 18.6 Å². The molecule has 0 aromatic carbocycles. The molecule has 7 heteroatoms. The molecular formula is C16H23N3O4. The predicted octanol–water partition coefficient (Wildman–Crippen LogP) is 2.25. The Morgan fingerprint density at radius 3 is 2.74 bits per heavy atom. The number of methoxy groups -OCH3 is 1. The molecule has 1 N–H and O–H groups in total. The van der Waals surface area contributed by atoms with Crippen LogP contribution in [0, 0.1) is 0 Å². The molecule has 0 saturated carbocycles. The number of ether oxygens (including phenoxy) is 1. The van der Waals surface area contributed by atoms with Crippen LogP contribution in [0.15, 0.2) is 35.9 Å². The number of carbonyl (C=O) groups is 1. The van der Waals surface area contributed by atoms with Gasteiger partial charge in [-0.15, -0.1) is 13.2 Å². The van der Waals surface area contributed by atoms with Crippen molar-refractivity contribution in [3.63, 3.8) is 0 Å². The highest BCUT2D eigenvalue weighted by Gasteiger charge is 2.46. The average Bonchev–Trinajstić information content (AvgIpc) is 3.08.